The molecule has 1 fully saturated rings. The third-order valence-electron chi connectivity index (χ3n) is 6.62. The first-order chi connectivity index (χ1) is 17.3. The first-order valence-electron chi connectivity index (χ1n) is 11.9. The Balaban J connectivity index is 1.61. The van der Waals surface area contributed by atoms with Crippen molar-refractivity contribution in [1.29, 1.82) is 0 Å². The van der Waals surface area contributed by atoms with Crippen molar-refractivity contribution in [2.75, 3.05) is 20.2 Å². The van der Waals surface area contributed by atoms with Crippen LogP contribution in [0.15, 0.2) is 30.3 Å². The lowest BCUT2D eigenvalue weighted by Crippen LogP contribution is -2.45. The number of imidazole rings is 1. The van der Waals surface area contributed by atoms with Crippen molar-refractivity contribution in [3.8, 4) is 23.1 Å². The minimum absolute atomic E-state index is 0.0223. The van der Waals surface area contributed by atoms with Crippen molar-refractivity contribution in [1.82, 2.24) is 24.0 Å². The van der Waals surface area contributed by atoms with Gasteiger partial charge in [0.15, 0.2) is 5.82 Å². The molecular weight excluding hydrogens is 470 g/mol. The summed E-state index contributed by atoms with van der Waals surface area (Å²) in [4.78, 5) is 24.2. The van der Waals surface area contributed by atoms with Crippen LogP contribution in [0.4, 0.5) is 8.78 Å². The van der Waals surface area contributed by atoms with E-state index in [1.165, 1.54) is 6.07 Å². The maximum Gasteiger partial charge on any atom is 0.388 e. The van der Waals surface area contributed by atoms with Gasteiger partial charge in [-0.1, -0.05) is 0 Å². The summed E-state index contributed by atoms with van der Waals surface area (Å²) in [7, 11) is 3.43. The molecule has 0 radical (unpaired) electrons. The smallest absolute Gasteiger partial charge is 0.388 e. The van der Waals surface area contributed by atoms with E-state index in [2.05, 4.69) is 9.72 Å². The van der Waals surface area contributed by atoms with Gasteiger partial charge in [0.1, 0.15) is 16.9 Å². The molecule has 1 aromatic carbocycles. The molecule has 0 aliphatic carbocycles. The van der Waals surface area contributed by atoms with E-state index in [0.717, 1.165) is 29.4 Å². The van der Waals surface area contributed by atoms with Crippen LogP contribution >= 0.6 is 0 Å². The fourth-order valence-corrected chi connectivity index (χ4v) is 4.97. The monoisotopic (exact) mass is 498 g/mol. The largest absolute Gasteiger partial charge is 0.494 e. The topological polar surface area (TPSA) is 100 Å². The lowest BCUT2D eigenvalue weighted by molar-refractivity contribution is -0.0526. The summed E-state index contributed by atoms with van der Waals surface area (Å²) in [6.45, 7) is 0.705. The quantitative estimate of drug-likeness (QED) is 0.434. The van der Waals surface area contributed by atoms with E-state index >= 15 is 0 Å². The van der Waals surface area contributed by atoms with Crippen molar-refractivity contribution in [3.05, 3.63) is 35.9 Å². The normalized spacial score (nSPS) is 16.3. The van der Waals surface area contributed by atoms with Crippen LogP contribution in [0.25, 0.3) is 33.6 Å². The number of likely N-dealkylation sites (tertiary alicyclic amines) is 1. The molecule has 4 aromatic rings. The van der Waals surface area contributed by atoms with Gasteiger partial charge in [0.25, 0.3) is 5.91 Å². The number of aromatic nitrogens is 4. The minimum Gasteiger partial charge on any atom is -0.494 e. The zero-order valence-electron chi connectivity index (χ0n) is 20.4. The Morgan fingerprint density at radius 1 is 1.25 bits per heavy atom. The van der Waals surface area contributed by atoms with Gasteiger partial charge in [-0.2, -0.15) is 13.8 Å². The number of rotatable bonds is 6. The summed E-state index contributed by atoms with van der Waals surface area (Å²) in [5.41, 5.74) is 9.19. The highest BCUT2D eigenvalue weighted by atomic mass is 19.3. The van der Waals surface area contributed by atoms with Crippen molar-refractivity contribution >= 4 is 28.0 Å². The summed E-state index contributed by atoms with van der Waals surface area (Å²) in [6, 6.07) is 8.51. The summed E-state index contributed by atoms with van der Waals surface area (Å²) in [5.74, 6) is 0.910. The van der Waals surface area contributed by atoms with E-state index in [1.807, 2.05) is 29.2 Å². The molecule has 1 aliphatic heterocycles. The molecule has 11 heteroatoms. The molecule has 2 N–H and O–H groups in total. The average Bonchev–Trinajstić information content (AvgIpc) is 3.39. The predicted octanol–water partition coefficient (Wildman–Crippen LogP) is 3.78. The third-order valence-corrected chi connectivity index (χ3v) is 6.62. The average molecular weight is 499 g/mol. The first-order valence-corrected chi connectivity index (χ1v) is 11.9. The third kappa shape index (κ3) is 4.13. The molecule has 190 valence electrons. The van der Waals surface area contributed by atoms with Crippen LogP contribution in [0.3, 0.4) is 0 Å². The summed E-state index contributed by atoms with van der Waals surface area (Å²) >= 11 is 0. The lowest BCUT2D eigenvalue weighted by atomic mass is 10.0. The molecule has 9 nitrogen and oxygen atoms in total. The van der Waals surface area contributed by atoms with E-state index < -0.39 is 6.61 Å². The van der Waals surface area contributed by atoms with Crippen LogP contribution < -0.4 is 15.2 Å². The van der Waals surface area contributed by atoms with E-state index in [-0.39, 0.29) is 17.8 Å². The number of methoxy groups -OCH3 is 1. The molecule has 0 spiro atoms. The van der Waals surface area contributed by atoms with Gasteiger partial charge < -0.3 is 29.2 Å². The number of pyridine rings is 1. The molecule has 1 aliphatic rings. The van der Waals surface area contributed by atoms with Crippen molar-refractivity contribution in [2.45, 2.75) is 39.0 Å². The number of hydrogen-bond acceptors (Lipinski definition) is 6. The molecule has 1 atom stereocenters. The molecule has 36 heavy (non-hydrogen) atoms. The molecule has 1 saturated heterocycles. The number of carbonyl (C=O) groups excluding carboxylic acids is 1. The highest BCUT2D eigenvalue weighted by Gasteiger charge is 2.25. The number of benzene rings is 1. The summed E-state index contributed by atoms with van der Waals surface area (Å²) in [5, 5.41) is 0.768. The number of aryl methyl sites for hydroxylation is 2. The Bertz CT molecular complexity index is 1450. The summed E-state index contributed by atoms with van der Waals surface area (Å²) < 4.78 is 39.4. The van der Waals surface area contributed by atoms with Gasteiger partial charge in [0.05, 0.1) is 18.3 Å². The van der Waals surface area contributed by atoms with Gasteiger partial charge in [-0.05, 0) is 44.0 Å². The van der Waals surface area contributed by atoms with Crippen LogP contribution in [0, 0.1) is 0 Å². The van der Waals surface area contributed by atoms with Crippen LogP contribution in [-0.4, -0.2) is 62.8 Å². The molecule has 0 unspecified atom stereocenters. The van der Waals surface area contributed by atoms with E-state index in [1.54, 1.807) is 30.2 Å². The second-order valence-corrected chi connectivity index (χ2v) is 8.91. The van der Waals surface area contributed by atoms with Crippen LogP contribution in [-0.2, 0) is 13.6 Å². The van der Waals surface area contributed by atoms with Gasteiger partial charge in [0.2, 0.25) is 5.88 Å². The summed E-state index contributed by atoms with van der Waals surface area (Å²) in [6.07, 6.45) is 1.78. The first kappa shape index (κ1) is 24.0. The van der Waals surface area contributed by atoms with E-state index in [9.17, 15) is 13.6 Å². The number of nitrogens with zero attached hydrogens (tertiary/aromatic N) is 5. The highest BCUT2D eigenvalue weighted by Crippen LogP contribution is 2.34. The highest BCUT2D eigenvalue weighted by molar-refractivity contribution is 6.00. The number of carbonyl (C=O) groups is 1. The van der Waals surface area contributed by atoms with Gasteiger partial charge >= 0.3 is 6.61 Å². The number of halogens is 2. The standard InChI is InChI=1S/C25H28F2N6O3/c1-4-33-18(11-14-7-8-20(30-22(14)33)36-25(26)27)23-29-17-10-15(12-19(35-3)21(17)31(23)2)24(34)32-9-5-6-16(28)13-32/h7-8,10-12,16,25H,4-6,9,13,28H2,1-3H3/t16-/m1/s1. The Morgan fingerprint density at radius 3 is 2.75 bits per heavy atom. The molecule has 0 saturated carbocycles. The van der Waals surface area contributed by atoms with Crippen molar-refractivity contribution in [2.24, 2.45) is 12.8 Å². The number of ether oxygens (including phenoxy) is 2. The number of piperidine rings is 1. The number of hydrogen-bond donors (Lipinski definition) is 1. The van der Waals surface area contributed by atoms with Gasteiger partial charge in [-0.15, -0.1) is 0 Å². The zero-order valence-corrected chi connectivity index (χ0v) is 20.4. The molecule has 4 heterocycles. The maximum atomic E-state index is 13.2. The Kier molecular flexibility index (Phi) is 6.25. The number of nitrogens with two attached hydrogens (primary N) is 1. The van der Waals surface area contributed by atoms with Crippen LogP contribution in [0.5, 0.6) is 11.6 Å². The van der Waals surface area contributed by atoms with Crippen LogP contribution in [0.1, 0.15) is 30.1 Å². The van der Waals surface area contributed by atoms with Gasteiger partial charge in [-0.3, -0.25) is 4.79 Å². The SMILES string of the molecule is CCn1c(-c2nc3cc(C(=O)N4CCC[C@@H](N)C4)cc(OC)c3n2C)cc2ccc(OC(F)F)nc21. The fourth-order valence-electron chi connectivity index (χ4n) is 4.97. The lowest BCUT2D eigenvalue weighted by Gasteiger charge is -2.30. The molecule has 1 amide bonds. The van der Waals surface area contributed by atoms with Gasteiger partial charge in [0, 0.05) is 49.7 Å². The predicted molar refractivity (Wildman–Crippen MR) is 131 cm³/mol. The molecule has 5 rings (SSSR count). The second-order valence-electron chi connectivity index (χ2n) is 8.91. The number of amides is 1. The molecular formula is C25H28F2N6O3. The van der Waals surface area contributed by atoms with Crippen molar-refractivity contribution in [3.63, 3.8) is 0 Å². The Labute approximate surface area is 206 Å². The van der Waals surface area contributed by atoms with Crippen molar-refractivity contribution < 1.29 is 23.0 Å². The number of alkyl halides is 2. The Morgan fingerprint density at radius 2 is 2.06 bits per heavy atom. The van der Waals surface area contributed by atoms with E-state index in [0.29, 0.717) is 47.9 Å². The van der Waals surface area contributed by atoms with Gasteiger partial charge in [-0.25, -0.2) is 4.98 Å². The number of fused-ring (bicyclic) bond motifs is 2. The van der Waals surface area contributed by atoms with E-state index in [4.69, 9.17) is 15.5 Å². The molecule has 0 bridgehead atoms. The fraction of sp³-hybridized carbons (Fsp3) is 0.400. The molecule has 3 aromatic heterocycles. The minimum atomic E-state index is -2.95. The van der Waals surface area contributed by atoms with Crippen LogP contribution in [0.2, 0.25) is 0 Å². The zero-order chi connectivity index (χ0) is 25.6. The second kappa shape index (κ2) is 9.38. The Hall–Kier alpha value is -3.73. The maximum absolute atomic E-state index is 13.2.